The zero-order valence-electron chi connectivity index (χ0n) is 8.60. The Morgan fingerprint density at radius 2 is 2.06 bits per heavy atom. The van der Waals surface area contributed by atoms with Gasteiger partial charge in [-0.15, -0.1) is 0 Å². The van der Waals surface area contributed by atoms with Crippen molar-refractivity contribution in [1.29, 1.82) is 0 Å². The molecule has 0 aliphatic rings. The van der Waals surface area contributed by atoms with Crippen LogP contribution in [0, 0.1) is 6.92 Å². The summed E-state index contributed by atoms with van der Waals surface area (Å²) in [6, 6.07) is 4.14. The summed E-state index contributed by atoms with van der Waals surface area (Å²) in [5.41, 5.74) is 0.570. The summed E-state index contributed by atoms with van der Waals surface area (Å²) >= 11 is 3.05. The van der Waals surface area contributed by atoms with Crippen LogP contribution in [-0.2, 0) is 9.84 Å². The molecule has 6 heteroatoms. The Hall–Kier alpha value is -0.880. The Balaban J connectivity index is 3.28. The average molecular weight is 307 g/mol. The van der Waals surface area contributed by atoms with E-state index in [1.807, 2.05) is 0 Å². The lowest BCUT2D eigenvalue weighted by Gasteiger charge is -2.05. The van der Waals surface area contributed by atoms with Crippen molar-refractivity contribution in [2.75, 3.05) is 11.1 Å². The molecule has 0 radical (unpaired) electrons. The zero-order chi connectivity index (χ0) is 12.3. The molecule has 1 aromatic rings. The molecule has 0 unspecified atom stereocenters. The van der Waals surface area contributed by atoms with Crippen LogP contribution in [0.25, 0.3) is 0 Å². The molecule has 0 aliphatic carbocycles. The summed E-state index contributed by atoms with van der Waals surface area (Å²) in [7, 11) is -3.39. The Bertz CT molecular complexity index is 508. The SMILES string of the molecule is Cc1ccc(S(=O)(=O)CCBr)cc1C(=O)O. The third-order valence-electron chi connectivity index (χ3n) is 2.14. The molecule has 1 rings (SSSR count). The maximum absolute atomic E-state index is 11.7. The monoisotopic (exact) mass is 306 g/mol. The molecule has 88 valence electrons. The van der Waals surface area contributed by atoms with Crippen LogP contribution in [0.5, 0.6) is 0 Å². The summed E-state index contributed by atoms with van der Waals surface area (Å²) < 4.78 is 23.4. The average Bonchev–Trinajstić information content (AvgIpc) is 2.17. The van der Waals surface area contributed by atoms with Crippen LogP contribution >= 0.6 is 15.9 Å². The van der Waals surface area contributed by atoms with Gasteiger partial charge in [0.15, 0.2) is 9.84 Å². The first kappa shape index (κ1) is 13.2. The smallest absolute Gasteiger partial charge is 0.335 e. The van der Waals surface area contributed by atoms with Crippen LogP contribution in [-0.4, -0.2) is 30.6 Å². The van der Waals surface area contributed by atoms with E-state index in [4.69, 9.17) is 5.11 Å². The number of carboxylic acid groups (broad SMARTS) is 1. The minimum absolute atomic E-state index is 0.0237. The number of hydrogen-bond donors (Lipinski definition) is 1. The molecule has 0 saturated heterocycles. The number of carbonyl (C=O) groups is 1. The van der Waals surface area contributed by atoms with Gasteiger partial charge in [-0.25, -0.2) is 13.2 Å². The van der Waals surface area contributed by atoms with Gasteiger partial charge in [0, 0.05) is 5.33 Å². The van der Waals surface area contributed by atoms with Crippen LogP contribution in [0.15, 0.2) is 23.1 Å². The molecular weight excluding hydrogens is 296 g/mol. The Kier molecular flexibility index (Phi) is 4.09. The van der Waals surface area contributed by atoms with Crippen molar-refractivity contribution in [3.8, 4) is 0 Å². The molecule has 1 aromatic carbocycles. The number of sulfone groups is 1. The maximum atomic E-state index is 11.7. The van der Waals surface area contributed by atoms with Crippen LogP contribution in [0.4, 0.5) is 0 Å². The highest BCUT2D eigenvalue weighted by Crippen LogP contribution is 2.17. The fourth-order valence-electron chi connectivity index (χ4n) is 1.24. The number of halogens is 1. The van der Waals surface area contributed by atoms with Gasteiger partial charge in [-0.05, 0) is 24.6 Å². The van der Waals surface area contributed by atoms with Crippen molar-refractivity contribution in [2.45, 2.75) is 11.8 Å². The Morgan fingerprint density at radius 1 is 1.44 bits per heavy atom. The van der Waals surface area contributed by atoms with Crippen molar-refractivity contribution >= 4 is 31.7 Å². The molecule has 0 heterocycles. The highest BCUT2D eigenvalue weighted by molar-refractivity contribution is 9.09. The standard InChI is InChI=1S/C10H11BrO4S/c1-7-2-3-8(6-9(7)10(12)13)16(14,15)5-4-11/h2-3,6H,4-5H2,1H3,(H,12,13). The molecule has 0 bridgehead atoms. The first-order valence-electron chi connectivity index (χ1n) is 4.51. The van der Waals surface area contributed by atoms with E-state index in [-0.39, 0.29) is 16.2 Å². The third kappa shape index (κ3) is 2.82. The number of benzene rings is 1. The van der Waals surface area contributed by atoms with E-state index in [1.54, 1.807) is 6.92 Å². The number of alkyl halides is 1. The molecule has 0 spiro atoms. The fourth-order valence-corrected chi connectivity index (χ4v) is 3.53. The predicted octanol–water partition coefficient (Wildman–Crippen LogP) is 1.86. The molecule has 0 saturated carbocycles. The van der Waals surface area contributed by atoms with Crippen molar-refractivity contribution in [2.24, 2.45) is 0 Å². The molecule has 0 aromatic heterocycles. The number of aromatic carboxylic acids is 1. The molecular formula is C10H11BrO4S. The van der Waals surface area contributed by atoms with Gasteiger partial charge in [-0.3, -0.25) is 0 Å². The quantitative estimate of drug-likeness (QED) is 0.862. The minimum atomic E-state index is -3.39. The van der Waals surface area contributed by atoms with E-state index in [0.29, 0.717) is 10.9 Å². The van der Waals surface area contributed by atoms with Crippen molar-refractivity contribution in [3.05, 3.63) is 29.3 Å². The van der Waals surface area contributed by atoms with Gasteiger partial charge >= 0.3 is 5.97 Å². The van der Waals surface area contributed by atoms with Gasteiger partial charge in [-0.2, -0.15) is 0 Å². The fraction of sp³-hybridized carbons (Fsp3) is 0.300. The second-order valence-electron chi connectivity index (χ2n) is 3.29. The largest absolute Gasteiger partial charge is 0.478 e. The molecule has 0 fully saturated rings. The zero-order valence-corrected chi connectivity index (χ0v) is 11.0. The highest BCUT2D eigenvalue weighted by atomic mass is 79.9. The molecule has 1 N–H and O–H groups in total. The lowest BCUT2D eigenvalue weighted by molar-refractivity contribution is 0.0696. The van der Waals surface area contributed by atoms with Crippen molar-refractivity contribution in [3.63, 3.8) is 0 Å². The van der Waals surface area contributed by atoms with Crippen molar-refractivity contribution < 1.29 is 18.3 Å². The highest BCUT2D eigenvalue weighted by Gasteiger charge is 2.16. The molecule has 0 amide bonds. The number of hydrogen-bond acceptors (Lipinski definition) is 3. The number of aryl methyl sites for hydroxylation is 1. The summed E-state index contributed by atoms with van der Waals surface area (Å²) in [5.74, 6) is -1.16. The van der Waals surface area contributed by atoms with Gasteiger partial charge < -0.3 is 5.11 Å². The Morgan fingerprint density at radius 3 is 2.56 bits per heavy atom. The van der Waals surface area contributed by atoms with E-state index < -0.39 is 15.8 Å². The van der Waals surface area contributed by atoms with Crippen LogP contribution < -0.4 is 0 Å². The molecule has 0 aliphatic heterocycles. The topological polar surface area (TPSA) is 71.4 Å². The predicted molar refractivity (Wildman–Crippen MR) is 64.0 cm³/mol. The van der Waals surface area contributed by atoms with E-state index in [1.165, 1.54) is 18.2 Å². The van der Waals surface area contributed by atoms with Gasteiger partial charge in [0.05, 0.1) is 16.2 Å². The molecule has 4 nitrogen and oxygen atoms in total. The van der Waals surface area contributed by atoms with E-state index in [9.17, 15) is 13.2 Å². The second-order valence-corrected chi connectivity index (χ2v) is 6.19. The second kappa shape index (κ2) is 4.97. The molecule has 16 heavy (non-hydrogen) atoms. The van der Waals surface area contributed by atoms with Gasteiger partial charge in [0.1, 0.15) is 0 Å². The Labute approximate surface area is 102 Å². The summed E-state index contributed by atoms with van der Waals surface area (Å²) in [4.78, 5) is 10.9. The summed E-state index contributed by atoms with van der Waals surface area (Å²) in [5, 5.41) is 9.21. The summed E-state index contributed by atoms with van der Waals surface area (Å²) in [6.07, 6.45) is 0. The van der Waals surface area contributed by atoms with Crippen LogP contribution in [0.2, 0.25) is 0 Å². The van der Waals surface area contributed by atoms with Crippen molar-refractivity contribution in [1.82, 2.24) is 0 Å². The minimum Gasteiger partial charge on any atom is -0.478 e. The van der Waals surface area contributed by atoms with E-state index in [2.05, 4.69) is 15.9 Å². The van der Waals surface area contributed by atoms with Gasteiger partial charge in [-0.1, -0.05) is 22.0 Å². The summed E-state index contributed by atoms with van der Waals surface area (Å²) in [6.45, 7) is 1.63. The maximum Gasteiger partial charge on any atom is 0.335 e. The third-order valence-corrected chi connectivity index (χ3v) is 4.78. The molecule has 0 atom stereocenters. The van der Waals surface area contributed by atoms with Gasteiger partial charge in [0.2, 0.25) is 0 Å². The van der Waals surface area contributed by atoms with Crippen LogP contribution in [0.3, 0.4) is 0 Å². The first-order valence-corrected chi connectivity index (χ1v) is 7.28. The lowest BCUT2D eigenvalue weighted by Crippen LogP contribution is -2.10. The normalized spacial score (nSPS) is 11.4. The first-order chi connectivity index (χ1) is 7.38. The number of carboxylic acids is 1. The number of rotatable bonds is 4. The lowest BCUT2D eigenvalue weighted by atomic mass is 10.1. The van der Waals surface area contributed by atoms with Crippen LogP contribution in [0.1, 0.15) is 15.9 Å². The van der Waals surface area contributed by atoms with Gasteiger partial charge in [0.25, 0.3) is 0 Å². The van der Waals surface area contributed by atoms with E-state index in [0.717, 1.165) is 0 Å². The van der Waals surface area contributed by atoms with E-state index >= 15 is 0 Å².